The molecule has 1 aliphatic carbocycles. The molecule has 5 unspecified atom stereocenters. The summed E-state index contributed by atoms with van der Waals surface area (Å²) in [6.45, 7) is 5.08. The van der Waals surface area contributed by atoms with E-state index < -0.39 is 60.1 Å². The quantitative estimate of drug-likeness (QED) is 0.442. The second kappa shape index (κ2) is 8.64. The van der Waals surface area contributed by atoms with Crippen molar-refractivity contribution in [3.05, 3.63) is 11.6 Å². The largest absolute Gasteiger partial charge is 0.481 e. The van der Waals surface area contributed by atoms with Crippen LogP contribution in [-0.2, 0) is 23.9 Å². The molecule has 0 spiro atoms. The van der Waals surface area contributed by atoms with Crippen molar-refractivity contribution in [2.24, 2.45) is 23.7 Å². The van der Waals surface area contributed by atoms with E-state index in [2.05, 4.69) is 0 Å². The second-order valence-electron chi connectivity index (χ2n) is 6.42. The Hall–Kier alpha value is -2.38. The molecule has 8 nitrogen and oxygen atoms in total. The van der Waals surface area contributed by atoms with Crippen molar-refractivity contribution < 1.29 is 39.2 Å². The van der Waals surface area contributed by atoms with E-state index >= 15 is 0 Å². The fourth-order valence-corrected chi connectivity index (χ4v) is 3.06. The average molecular weight is 356 g/mol. The van der Waals surface area contributed by atoms with Crippen molar-refractivity contribution in [2.45, 2.75) is 46.1 Å². The van der Waals surface area contributed by atoms with Crippen LogP contribution in [0.25, 0.3) is 0 Å². The van der Waals surface area contributed by atoms with Crippen LogP contribution in [0.1, 0.15) is 40.0 Å². The van der Waals surface area contributed by atoms with E-state index in [1.165, 1.54) is 6.08 Å². The van der Waals surface area contributed by atoms with Gasteiger partial charge in [-0.25, -0.2) is 0 Å². The standard InChI is InChI=1S/C17H24O8/c1-4-9(3)25-17(24)13(7-14(18)19)10-6-12(16(22)23)11(15(20)21)5-8(10)2/h5,9-13H,4,6-7H2,1-3H3,(H,18,19)(H,20,21)(H,22,23). The number of carboxylic acid groups (broad SMARTS) is 3. The van der Waals surface area contributed by atoms with E-state index in [1.807, 2.05) is 6.92 Å². The molecule has 1 rings (SSSR count). The van der Waals surface area contributed by atoms with Crippen LogP contribution < -0.4 is 0 Å². The minimum Gasteiger partial charge on any atom is -0.481 e. The Morgan fingerprint density at radius 1 is 1.20 bits per heavy atom. The highest BCUT2D eigenvalue weighted by atomic mass is 16.5. The van der Waals surface area contributed by atoms with Crippen molar-refractivity contribution in [1.82, 2.24) is 0 Å². The van der Waals surface area contributed by atoms with Gasteiger partial charge >= 0.3 is 23.9 Å². The number of carbonyl (C=O) groups excluding carboxylic acids is 1. The van der Waals surface area contributed by atoms with Gasteiger partial charge in [-0.05, 0) is 32.6 Å². The Balaban J connectivity index is 3.18. The Labute approximate surface area is 145 Å². The van der Waals surface area contributed by atoms with Crippen molar-refractivity contribution in [3.63, 3.8) is 0 Å². The topological polar surface area (TPSA) is 138 Å². The summed E-state index contributed by atoms with van der Waals surface area (Å²) >= 11 is 0. The maximum atomic E-state index is 12.4. The van der Waals surface area contributed by atoms with E-state index in [9.17, 15) is 29.4 Å². The molecule has 0 aromatic rings. The van der Waals surface area contributed by atoms with Gasteiger partial charge in [0.1, 0.15) is 0 Å². The third-order valence-electron chi connectivity index (χ3n) is 4.65. The van der Waals surface area contributed by atoms with Crippen LogP contribution in [0, 0.1) is 23.7 Å². The van der Waals surface area contributed by atoms with Crippen molar-refractivity contribution in [2.75, 3.05) is 0 Å². The summed E-state index contributed by atoms with van der Waals surface area (Å²) in [5.74, 6) is -8.63. The molecular formula is C17H24O8. The molecule has 5 atom stereocenters. The van der Waals surface area contributed by atoms with E-state index in [-0.39, 0.29) is 6.42 Å². The third-order valence-corrected chi connectivity index (χ3v) is 4.65. The van der Waals surface area contributed by atoms with Gasteiger partial charge in [0.25, 0.3) is 0 Å². The molecule has 0 aromatic heterocycles. The van der Waals surface area contributed by atoms with Crippen LogP contribution in [0.4, 0.5) is 0 Å². The monoisotopic (exact) mass is 356 g/mol. The number of hydrogen-bond acceptors (Lipinski definition) is 5. The molecule has 0 saturated carbocycles. The lowest BCUT2D eigenvalue weighted by Crippen LogP contribution is -2.39. The lowest BCUT2D eigenvalue weighted by molar-refractivity contribution is -0.160. The van der Waals surface area contributed by atoms with E-state index in [4.69, 9.17) is 9.84 Å². The fourth-order valence-electron chi connectivity index (χ4n) is 3.06. The van der Waals surface area contributed by atoms with Gasteiger partial charge in [-0.1, -0.05) is 18.6 Å². The van der Waals surface area contributed by atoms with E-state index in [0.29, 0.717) is 12.0 Å². The van der Waals surface area contributed by atoms with Crippen LogP contribution in [0.3, 0.4) is 0 Å². The summed E-state index contributed by atoms with van der Waals surface area (Å²) in [5.41, 5.74) is 0.497. The molecular weight excluding hydrogens is 332 g/mol. The van der Waals surface area contributed by atoms with Gasteiger partial charge in [0.2, 0.25) is 0 Å². The van der Waals surface area contributed by atoms with Gasteiger partial charge in [-0.15, -0.1) is 0 Å². The summed E-state index contributed by atoms with van der Waals surface area (Å²) in [5, 5.41) is 27.7. The first-order chi connectivity index (χ1) is 11.6. The smallest absolute Gasteiger partial charge is 0.311 e. The molecule has 0 aromatic carbocycles. The van der Waals surface area contributed by atoms with E-state index in [1.54, 1.807) is 13.8 Å². The SMILES string of the molecule is CCC(C)OC(=O)C(CC(=O)O)C1CC(C(=O)O)C(C(=O)O)C=C1C. The molecule has 25 heavy (non-hydrogen) atoms. The van der Waals surface area contributed by atoms with Gasteiger partial charge in [0, 0.05) is 0 Å². The molecule has 1 aliphatic rings. The highest BCUT2D eigenvalue weighted by Crippen LogP contribution is 2.39. The molecule has 140 valence electrons. The first kappa shape index (κ1) is 20.7. The number of ether oxygens (including phenoxy) is 1. The number of carboxylic acids is 3. The number of allylic oxidation sites excluding steroid dienone is 1. The predicted octanol–water partition coefficient (Wildman–Crippen LogP) is 1.79. The number of aliphatic carboxylic acids is 3. The number of hydrogen-bond donors (Lipinski definition) is 3. The Morgan fingerprint density at radius 3 is 2.24 bits per heavy atom. The van der Waals surface area contributed by atoms with E-state index in [0.717, 1.165) is 0 Å². The number of carbonyl (C=O) groups is 4. The van der Waals surface area contributed by atoms with Crippen LogP contribution in [0.5, 0.6) is 0 Å². The average Bonchev–Trinajstić information content (AvgIpc) is 2.51. The van der Waals surface area contributed by atoms with Crippen molar-refractivity contribution in [1.29, 1.82) is 0 Å². The van der Waals surface area contributed by atoms with Crippen LogP contribution in [-0.4, -0.2) is 45.3 Å². The lowest BCUT2D eigenvalue weighted by atomic mass is 9.70. The summed E-state index contributed by atoms with van der Waals surface area (Å²) in [7, 11) is 0. The molecule has 0 amide bonds. The molecule has 8 heteroatoms. The summed E-state index contributed by atoms with van der Waals surface area (Å²) in [4.78, 5) is 46.3. The van der Waals surface area contributed by atoms with Crippen molar-refractivity contribution >= 4 is 23.9 Å². The number of rotatable bonds is 8. The molecule has 0 aliphatic heterocycles. The minimum absolute atomic E-state index is 0.123. The highest BCUT2D eigenvalue weighted by Gasteiger charge is 2.43. The zero-order valence-corrected chi connectivity index (χ0v) is 14.5. The Kier molecular flexibility index (Phi) is 7.14. The molecule has 0 bridgehead atoms. The lowest BCUT2D eigenvalue weighted by Gasteiger charge is -2.34. The van der Waals surface area contributed by atoms with Gasteiger partial charge in [0.05, 0.1) is 30.3 Å². The molecule has 0 fully saturated rings. The zero-order valence-electron chi connectivity index (χ0n) is 14.5. The second-order valence-corrected chi connectivity index (χ2v) is 6.42. The van der Waals surface area contributed by atoms with Gasteiger partial charge < -0.3 is 20.1 Å². The maximum Gasteiger partial charge on any atom is 0.311 e. The first-order valence-corrected chi connectivity index (χ1v) is 8.14. The van der Waals surface area contributed by atoms with Crippen LogP contribution >= 0.6 is 0 Å². The Bertz CT molecular complexity index is 579. The summed E-state index contributed by atoms with van der Waals surface area (Å²) in [6.07, 6.45) is 0.848. The normalized spacial score (nSPS) is 25.4. The Morgan fingerprint density at radius 2 is 1.80 bits per heavy atom. The highest BCUT2D eigenvalue weighted by molar-refractivity contribution is 5.83. The summed E-state index contributed by atoms with van der Waals surface area (Å²) < 4.78 is 5.24. The molecule has 3 N–H and O–H groups in total. The van der Waals surface area contributed by atoms with Crippen LogP contribution in [0.2, 0.25) is 0 Å². The van der Waals surface area contributed by atoms with Crippen molar-refractivity contribution in [3.8, 4) is 0 Å². The number of esters is 1. The minimum atomic E-state index is -1.29. The van der Waals surface area contributed by atoms with Gasteiger partial charge in [0.15, 0.2) is 0 Å². The summed E-state index contributed by atoms with van der Waals surface area (Å²) in [6, 6.07) is 0. The van der Waals surface area contributed by atoms with Gasteiger partial charge in [-0.2, -0.15) is 0 Å². The predicted molar refractivity (Wildman–Crippen MR) is 85.7 cm³/mol. The van der Waals surface area contributed by atoms with Gasteiger partial charge in [-0.3, -0.25) is 19.2 Å². The maximum absolute atomic E-state index is 12.4. The fraction of sp³-hybridized carbons (Fsp3) is 0.647. The van der Waals surface area contributed by atoms with Crippen LogP contribution in [0.15, 0.2) is 11.6 Å². The first-order valence-electron chi connectivity index (χ1n) is 8.14. The third kappa shape index (κ3) is 5.30. The molecule has 0 heterocycles. The molecule has 0 radical (unpaired) electrons. The molecule has 0 saturated heterocycles. The zero-order chi connectivity index (χ0) is 19.3.